The Kier molecular flexibility index (Phi) is 14.2. The lowest BCUT2D eigenvalue weighted by Crippen LogP contribution is -2.20. The van der Waals surface area contributed by atoms with Crippen LogP contribution in [-0.4, -0.2) is 29.4 Å². The van der Waals surface area contributed by atoms with Crippen molar-refractivity contribution in [3.05, 3.63) is 0 Å². The van der Waals surface area contributed by atoms with Crippen LogP contribution < -0.4 is 0 Å². The van der Waals surface area contributed by atoms with Gasteiger partial charge in [0.15, 0.2) is 0 Å². The Labute approximate surface area is 143 Å². The van der Waals surface area contributed by atoms with E-state index in [1.807, 2.05) is 6.92 Å². The van der Waals surface area contributed by atoms with Gasteiger partial charge in [-0.2, -0.15) is 8.42 Å². The zero-order valence-corrected chi connectivity index (χ0v) is 16.0. The predicted octanol–water partition coefficient (Wildman–Crippen LogP) is 5.10. The largest absolute Gasteiger partial charge is 0.393 e. The van der Waals surface area contributed by atoms with Crippen molar-refractivity contribution in [2.24, 2.45) is 0 Å². The molecule has 0 bridgehead atoms. The summed E-state index contributed by atoms with van der Waals surface area (Å²) in [6.45, 7) is 4.15. The summed E-state index contributed by atoms with van der Waals surface area (Å²) in [5.74, 6) is 0. The first kappa shape index (κ1) is 22.9. The van der Waals surface area contributed by atoms with Crippen LogP contribution in [0, 0.1) is 0 Å². The molecule has 0 aromatic carbocycles. The molecular formula is C18H38O4S. The molecule has 0 amide bonds. The summed E-state index contributed by atoms with van der Waals surface area (Å²) in [5, 5.41) is 8.89. The first-order valence-corrected chi connectivity index (χ1v) is 11.1. The van der Waals surface area contributed by atoms with E-state index in [1.165, 1.54) is 12.8 Å². The van der Waals surface area contributed by atoms with E-state index in [0.29, 0.717) is 12.8 Å². The Morgan fingerprint density at radius 1 is 0.739 bits per heavy atom. The van der Waals surface area contributed by atoms with Gasteiger partial charge in [-0.15, -0.1) is 0 Å². The molecule has 0 fully saturated rings. The molecule has 0 saturated carbocycles. The van der Waals surface area contributed by atoms with Crippen LogP contribution in [0.15, 0.2) is 0 Å². The van der Waals surface area contributed by atoms with Gasteiger partial charge in [0.1, 0.15) is 0 Å². The SMILES string of the molecule is CCCCCCCC(CCCCCCCC(O)CC)S(=O)(=O)O. The molecule has 0 rings (SSSR count). The maximum atomic E-state index is 11.5. The van der Waals surface area contributed by atoms with Gasteiger partial charge in [-0.25, -0.2) is 0 Å². The summed E-state index contributed by atoms with van der Waals surface area (Å²) in [4.78, 5) is 0. The number of rotatable bonds is 16. The van der Waals surface area contributed by atoms with Crippen LogP contribution in [0.25, 0.3) is 0 Å². The monoisotopic (exact) mass is 350 g/mol. The number of unbranched alkanes of at least 4 members (excludes halogenated alkanes) is 8. The van der Waals surface area contributed by atoms with Crippen LogP contribution in [0.1, 0.15) is 104 Å². The fourth-order valence-electron chi connectivity index (χ4n) is 2.90. The van der Waals surface area contributed by atoms with E-state index in [4.69, 9.17) is 0 Å². The van der Waals surface area contributed by atoms with Gasteiger partial charge in [-0.05, 0) is 25.7 Å². The number of hydrogen-bond acceptors (Lipinski definition) is 3. The average molecular weight is 351 g/mol. The lowest BCUT2D eigenvalue weighted by atomic mass is 10.0. The van der Waals surface area contributed by atoms with Crippen LogP contribution in [0.4, 0.5) is 0 Å². The van der Waals surface area contributed by atoms with E-state index in [1.54, 1.807) is 0 Å². The first-order valence-electron chi connectivity index (χ1n) is 9.56. The third-order valence-electron chi connectivity index (χ3n) is 4.59. The molecule has 140 valence electrons. The molecule has 0 aliphatic heterocycles. The molecule has 4 nitrogen and oxygen atoms in total. The zero-order chi connectivity index (χ0) is 17.6. The Morgan fingerprint density at radius 3 is 1.61 bits per heavy atom. The van der Waals surface area contributed by atoms with Crippen LogP contribution in [0.5, 0.6) is 0 Å². The highest BCUT2D eigenvalue weighted by molar-refractivity contribution is 7.86. The van der Waals surface area contributed by atoms with E-state index in [-0.39, 0.29) is 6.10 Å². The topological polar surface area (TPSA) is 74.6 Å². The van der Waals surface area contributed by atoms with Crippen LogP contribution >= 0.6 is 0 Å². The lowest BCUT2D eigenvalue weighted by Gasteiger charge is -2.13. The standard InChI is InChI=1S/C18H38O4S/c1-3-5-6-8-12-15-18(23(20,21)22)16-13-10-7-9-11-14-17(19)4-2/h17-19H,3-16H2,1-2H3,(H,20,21,22). The minimum Gasteiger partial charge on any atom is -0.393 e. The van der Waals surface area contributed by atoms with Gasteiger partial charge in [-0.1, -0.05) is 78.1 Å². The molecule has 0 aromatic heterocycles. The third kappa shape index (κ3) is 14.0. The minimum absolute atomic E-state index is 0.174. The predicted molar refractivity (Wildman–Crippen MR) is 97.3 cm³/mol. The minimum atomic E-state index is -3.90. The average Bonchev–Trinajstić information content (AvgIpc) is 2.50. The second-order valence-electron chi connectivity index (χ2n) is 6.75. The molecule has 2 atom stereocenters. The quantitative estimate of drug-likeness (QED) is 0.300. The van der Waals surface area contributed by atoms with E-state index in [2.05, 4.69) is 6.92 Å². The Hall–Kier alpha value is -0.130. The van der Waals surface area contributed by atoms with Crippen molar-refractivity contribution in [2.45, 2.75) is 115 Å². The van der Waals surface area contributed by atoms with Gasteiger partial charge in [-0.3, -0.25) is 4.55 Å². The molecule has 0 saturated heterocycles. The van der Waals surface area contributed by atoms with Gasteiger partial charge in [0.25, 0.3) is 10.1 Å². The van der Waals surface area contributed by atoms with Crippen LogP contribution in [0.3, 0.4) is 0 Å². The second kappa shape index (κ2) is 14.2. The Bertz CT molecular complexity index is 354. The van der Waals surface area contributed by atoms with E-state index >= 15 is 0 Å². The third-order valence-corrected chi connectivity index (χ3v) is 5.90. The molecule has 0 radical (unpaired) electrons. The maximum Gasteiger partial charge on any atom is 0.267 e. The van der Waals surface area contributed by atoms with Crippen molar-refractivity contribution < 1.29 is 18.1 Å². The van der Waals surface area contributed by atoms with Crippen molar-refractivity contribution in [3.63, 3.8) is 0 Å². The number of aliphatic hydroxyl groups excluding tert-OH is 1. The highest BCUT2D eigenvalue weighted by atomic mass is 32.2. The molecule has 0 heterocycles. The summed E-state index contributed by atoms with van der Waals surface area (Å²) >= 11 is 0. The fraction of sp³-hybridized carbons (Fsp3) is 1.00. The molecule has 0 aromatic rings. The van der Waals surface area contributed by atoms with E-state index < -0.39 is 15.4 Å². The maximum absolute atomic E-state index is 11.5. The summed E-state index contributed by atoms with van der Waals surface area (Å²) in [6.07, 6.45) is 13.2. The van der Waals surface area contributed by atoms with Gasteiger partial charge < -0.3 is 5.11 Å². The number of aliphatic hydroxyl groups is 1. The van der Waals surface area contributed by atoms with Crippen molar-refractivity contribution in [3.8, 4) is 0 Å². The van der Waals surface area contributed by atoms with E-state index in [9.17, 15) is 18.1 Å². The Morgan fingerprint density at radius 2 is 1.17 bits per heavy atom. The normalized spacial score (nSPS) is 14.8. The first-order chi connectivity index (χ1) is 10.9. The Balaban J connectivity index is 3.77. The zero-order valence-electron chi connectivity index (χ0n) is 15.2. The highest BCUT2D eigenvalue weighted by Gasteiger charge is 2.21. The van der Waals surface area contributed by atoms with E-state index in [0.717, 1.165) is 64.2 Å². The van der Waals surface area contributed by atoms with Gasteiger partial charge in [0, 0.05) is 0 Å². The molecule has 0 aliphatic carbocycles. The van der Waals surface area contributed by atoms with Crippen molar-refractivity contribution in [1.82, 2.24) is 0 Å². The van der Waals surface area contributed by atoms with Crippen molar-refractivity contribution in [1.29, 1.82) is 0 Å². The molecule has 0 spiro atoms. The summed E-state index contributed by atoms with van der Waals surface area (Å²) in [6, 6.07) is 0. The lowest BCUT2D eigenvalue weighted by molar-refractivity contribution is 0.156. The fourth-order valence-corrected chi connectivity index (χ4v) is 3.83. The van der Waals surface area contributed by atoms with Crippen molar-refractivity contribution in [2.75, 3.05) is 0 Å². The second-order valence-corrected chi connectivity index (χ2v) is 8.44. The smallest absolute Gasteiger partial charge is 0.267 e. The molecular weight excluding hydrogens is 312 g/mol. The summed E-state index contributed by atoms with van der Waals surface area (Å²) in [5.41, 5.74) is 0. The van der Waals surface area contributed by atoms with Gasteiger partial charge in [0.05, 0.1) is 11.4 Å². The van der Waals surface area contributed by atoms with Gasteiger partial charge in [0.2, 0.25) is 0 Å². The van der Waals surface area contributed by atoms with Crippen molar-refractivity contribution >= 4 is 10.1 Å². The van der Waals surface area contributed by atoms with Crippen LogP contribution in [-0.2, 0) is 10.1 Å². The number of hydrogen-bond donors (Lipinski definition) is 2. The highest BCUT2D eigenvalue weighted by Crippen LogP contribution is 2.19. The molecule has 23 heavy (non-hydrogen) atoms. The molecule has 5 heteroatoms. The van der Waals surface area contributed by atoms with Crippen LogP contribution in [0.2, 0.25) is 0 Å². The molecule has 2 N–H and O–H groups in total. The summed E-state index contributed by atoms with van der Waals surface area (Å²) < 4.78 is 32.3. The molecule has 2 unspecified atom stereocenters. The summed E-state index contributed by atoms with van der Waals surface area (Å²) in [7, 11) is -3.90. The molecule has 0 aliphatic rings. The van der Waals surface area contributed by atoms with Gasteiger partial charge >= 0.3 is 0 Å².